The normalized spacial score (nSPS) is 10.2. The predicted octanol–water partition coefficient (Wildman–Crippen LogP) is 3.93. The van der Waals surface area contributed by atoms with Crippen LogP contribution in [0.3, 0.4) is 0 Å². The number of aryl methyl sites for hydroxylation is 2. The van der Waals surface area contributed by atoms with E-state index in [1.165, 1.54) is 0 Å². The fourth-order valence-corrected chi connectivity index (χ4v) is 2.49. The summed E-state index contributed by atoms with van der Waals surface area (Å²) in [5.74, 6) is 0.568. The zero-order valence-electron chi connectivity index (χ0n) is 11.4. The molecule has 1 N–H and O–H groups in total. The van der Waals surface area contributed by atoms with Gasteiger partial charge < -0.3 is 10.1 Å². The number of rotatable bonds is 4. The lowest BCUT2D eigenvalue weighted by molar-refractivity contribution is -0.118. The van der Waals surface area contributed by atoms with E-state index in [1.54, 1.807) is 0 Å². The smallest absolute Gasteiger partial charge is 0.262 e. The zero-order valence-corrected chi connectivity index (χ0v) is 13.6. The van der Waals surface area contributed by atoms with Crippen LogP contribution >= 0.6 is 22.6 Å². The molecule has 1 amide bonds. The highest BCUT2D eigenvalue weighted by atomic mass is 127. The lowest BCUT2D eigenvalue weighted by Crippen LogP contribution is -2.20. The minimum atomic E-state index is -0.158. The highest BCUT2D eigenvalue weighted by Gasteiger charge is 2.06. The van der Waals surface area contributed by atoms with Crippen molar-refractivity contribution < 1.29 is 9.53 Å². The summed E-state index contributed by atoms with van der Waals surface area (Å²) >= 11 is 2.18. The van der Waals surface area contributed by atoms with Crippen molar-refractivity contribution in [1.82, 2.24) is 0 Å². The van der Waals surface area contributed by atoms with Gasteiger partial charge in [-0.1, -0.05) is 18.2 Å². The van der Waals surface area contributed by atoms with Gasteiger partial charge in [-0.3, -0.25) is 4.79 Å². The topological polar surface area (TPSA) is 38.3 Å². The maximum atomic E-state index is 11.9. The first kappa shape index (κ1) is 14.8. The summed E-state index contributed by atoms with van der Waals surface area (Å²) < 4.78 is 6.50. The predicted molar refractivity (Wildman–Crippen MR) is 89.2 cm³/mol. The average Bonchev–Trinajstić information content (AvgIpc) is 2.36. The molecule has 0 bridgehead atoms. The van der Waals surface area contributed by atoms with E-state index < -0.39 is 0 Å². The molecule has 0 aliphatic rings. The molecule has 0 spiro atoms. The Morgan fingerprint density at radius 2 is 1.80 bits per heavy atom. The SMILES string of the molecule is Cc1cc(C)cc(NC(=O)COc2ccccc2I)c1. The maximum Gasteiger partial charge on any atom is 0.262 e. The van der Waals surface area contributed by atoms with Crippen molar-refractivity contribution in [2.75, 3.05) is 11.9 Å². The first-order valence-corrected chi connectivity index (χ1v) is 7.38. The first-order valence-electron chi connectivity index (χ1n) is 6.30. The van der Waals surface area contributed by atoms with E-state index in [0.717, 1.165) is 26.1 Å². The molecular formula is C16H16INO2. The summed E-state index contributed by atoms with van der Waals surface area (Å²) in [6, 6.07) is 13.6. The first-order chi connectivity index (χ1) is 9.54. The molecular weight excluding hydrogens is 365 g/mol. The van der Waals surface area contributed by atoms with Crippen molar-refractivity contribution in [2.45, 2.75) is 13.8 Å². The Balaban J connectivity index is 1.94. The van der Waals surface area contributed by atoms with Crippen LogP contribution in [0.1, 0.15) is 11.1 Å². The molecule has 4 heteroatoms. The van der Waals surface area contributed by atoms with Gasteiger partial charge in [-0.2, -0.15) is 0 Å². The van der Waals surface area contributed by atoms with Gasteiger partial charge in [0.15, 0.2) is 6.61 Å². The number of hydrogen-bond acceptors (Lipinski definition) is 2. The standard InChI is InChI=1S/C16H16INO2/c1-11-7-12(2)9-13(8-11)18-16(19)10-20-15-6-4-3-5-14(15)17/h3-9H,10H2,1-2H3,(H,18,19). The van der Waals surface area contributed by atoms with Gasteiger partial charge >= 0.3 is 0 Å². The van der Waals surface area contributed by atoms with Crippen LogP contribution in [0.5, 0.6) is 5.75 Å². The monoisotopic (exact) mass is 381 g/mol. The Bertz CT molecular complexity index is 605. The number of hydrogen-bond donors (Lipinski definition) is 1. The Hall–Kier alpha value is -1.56. The van der Waals surface area contributed by atoms with E-state index in [0.29, 0.717) is 0 Å². The highest BCUT2D eigenvalue weighted by molar-refractivity contribution is 14.1. The third-order valence-corrected chi connectivity index (χ3v) is 3.59. The molecule has 0 radical (unpaired) electrons. The van der Waals surface area contributed by atoms with Crippen LogP contribution in [0, 0.1) is 17.4 Å². The van der Waals surface area contributed by atoms with Crippen molar-refractivity contribution in [1.29, 1.82) is 0 Å². The molecule has 2 rings (SSSR count). The number of anilines is 1. The number of carbonyl (C=O) groups is 1. The van der Waals surface area contributed by atoms with E-state index in [4.69, 9.17) is 4.74 Å². The van der Waals surface area contributed by atoms with Gasteiger partial charge in [0.05, 0.1) is 3.57 Å². The van der Waals surface area contributed by atoms with Gasteiger partial charge in [0.2, 0.25) is 0 Å². The molecule has 0 unspecified atom stereocenters. The minimum Gasteiger partial charge on any atom is -0.483 e. The molecule has 2 aromatic carbocycles. The van der Waals surface area contributed by atoms with Gasteiger partial charge in [-0.25, -0.2) is 0 Å². The number of halogens is 1. The molecule has 0 fully saturated rings. The van der Waals surface area contributed by atoms with Gasteiger partial charge in [-0.15, -0.1) is 0 Å². The summed E-state index contributed by atoms with van der Waals surface area (Å²) in [7, 11) is 0. The number of carbonyl (C=O) groups excluding carboxylic acids is 1. The Labute approximate surface area is 132 Å². The number of ether oxygens (including phenoxy) is 1. The second-order valence-electron chi connectivity index (χ2n) is 4.64. The number of amides is 1. The van der Waals surface area contributed by atoms with Gasteiger partial charge in [0.25, 0.3) is 5.91 Å². The van der Waals surface area contributed by atoms with Crippen LogP contribution in [0.15, 0.2) is 42.5 Å². The van der Waals surface area contributed by atoms with Crippen LogP contribution in [0.4, 0.5) is 5.69 Å². The summed E-state index contributed by atoms with van der Waals surface area (Å²) in [6.07, 6.45) is 0. The molecule has 0 aliphatic heterocycles. The van der Waals surface area contributed by atoms with Crippen LogP contribution in [-0.2, 0) is 4.79 Å². The van der Waals surface area contributed by atoms with Crippen LogP contribution in [0.25, 0.3) is 0 Å². The van der Waals surface area contributed by atoms with Crippen molar-refractivity contribution in [3.8, 4) is 5.75 Å². The average molecular weight is 381 g/mol. The number of nitrogens with one attached hydrogen (secondary N) is 1. The molecule has 0 saturated heterocycles. The molecule has 2 aromatic rings. The van der Waals surface area contributed by atoms with Crippen molar-refractivity contribution >= 4 is 34.2 Å². The Morgan fingerprint density at radius 1 is 1.15 bits per heavy atom. The minimum absolute atomic E-state index is 0.00695. The third-order valence-electron chi connectivity index (χ3n) is 2.70. The largest absolute Gasteiger partial charge is 0.483 e. The van der Waals surface area contributed by atoms with Crippen LogP contribution in [0.2, 0.25) is 0 Å². The van der Waals surface area contributed by atoms with Crippen LogP contribution < -0.4 is 10.1 Å². The van der Waals surface area contributed by atoms with E-state index in [9.17, 15) is 4.79 Å². The molecule has 20 heavy (non-hydrogen) atoms. The second kappa shape index (κ2) is 6.74. The lowest BCUT2D eigenvalue weighted by Gasteiger charge is -2.10. The maximum absolute atomic E-state index is 11.9. The molecule has 0 aliphatic carbocycles. The molecule has 104 valence electrons. The second-order valence-corrected chi connectivity index (χ2v) is 5.81. The van der Waals surface area contributed by atoms with E-state index in [1.807, 2.05) is 50.2 Å². The van der Waals surface area contributed by atoms with E-state index in [2.05, 4.69) is 34.0 Å². The molecule has 0 heterocycles. The fourth-order valence-electron chi connectivity index (χ4n) is 1.95. The third kappa shape index (κ3) is 4.23. The Kier molecular flexibility index (Phi) is 5.00. The quantitative estimate of drug-likeness (QED) is 0.816. The van der Waals surface area contributed by atoms with E-state index in [-0.39, 0.29) is 12.5 Å². The van der Waals surface area contributed by atoms with Crippen molar-refractivity contribution in [3.63, 3.8) is 0 Å². The zero-order chi connectivity index (χ0) is 14.5. The van der Waals surface area contributed by atoms with Gasteiger partial charge in [0, 0.05) is 5.69 Å². The summed E-state index contributed by atoms with van der Waals surface area (Å²) in [5.41, 5.74) is 3.05. The van der Waals surface area contributed by atoms with Crippen molar-refractivity contribution in [3.05, 3.63) is 57.2 Å². The number of para-hydroxylation sites is 1. The fraction of sp³-hybridized carbons (Fsp3) is 0.188. The highest BCUT2D eigenvalue weighted by Crippen LogP contribution is 2.19. The van der Waals surface area contributed by atoms with Crippen LogP contribution in [-0.4, -0.2) is 12.5 Å². The Morgan fingerprint density at radius 3 is 2.45 bits per heavy atom. The molecule has 0 saturated carbocycles. The van der Waals surface area contributed by atoms with E-state index >= 15 is 0 Å². The summed E-state index contributed by atoms with van der Waals surface area (Å²) in [5, 5.41) is 2.85. The summed E-state index contributed by atoms with van der Waals surface area (Å²) in [6.45, 7) is 4.02. The molecule has 0 aromatic heterocycles. The van der Waals surface area contributed by atoms with Gasteiger partial charge in [0.1, 0.15) is 5.75 Å². The molecule has 3 nitrogen and oxygen atoms in total. The van der Waals surface area contributed by atoms with Gasteiger partial charge in [-0.05, 0) is 71.8 Å². The lowest BCUT2D eigenvalue weighted by atomic mass is 10.1. The number of benzene rings is 2. The van der Waals surface area contributed by atoms with Crippen molar-refractivity contribution in [2.24, 2.45) is 0 Å². The molecule has 0 atom stereocenters. The summed E-state index contributed by atoms with van der Waals surface area (Å²) in [4.78, 5) is 11.9.